The van der Waals surface area contributed by atoms with E-state index in [2.05, 4.69) is 32.6 Å². The molecular weight excluding hydrogens is 232 g/mol. The van der Waals surface area contributed by atoms with Crippen molar-refractivity contribution < 1.29 is 0 Å². The normalized spacial score (nSPS) is 32.8. The molecule has 0 saturated heterocycles. The van der Waals surface area contributed by atoms with Crippen molar-refractivity contribution in [2.75, 3.05) is 19.6 Å². The van der Waals surface area contributed by atoms with E-state index in [1.165, 1.54) is 45.2 Å². The lowest BCUT2D eigenvalue weighted by Crippen LogP contribution is -2.49. The minimum Gasteiger partial charge on any atom is -0.330 e. The predicted octanol–water partition coefficient (Wildman–Crippen LogP) is 3.51. The minimum atomic E-state index is 0.455. The van der Waals surface area contributed by atoms with E-state index in [0.717, 1.165) is 30.3 Å². The quantitative estimate of drug-likeness (QED) is 0.825. The van der Waals surface area contributed by atoms with Crippen LogP contribution in [0.2, 0.25) is 0 Å². The number of hydrogen-bond donors (Lipinski definition) is 1. The van der Waals surface area contributed by atoms with E-state index >= 15 is 0 Å². The van der Waals surface area contributed by atoms with Crippen molar-refractivity contribution in [3.63, 3.8) is 0 Å². The Kier molecular flexibility index (Phi) is 4.94. The van der Waals surface area contributed by atoms with Crippen LogP contribution in [0.4, 0.5) is 0 Å². The molecule has 112 valence electrons. The molecule has 0 aromatic rings. The van der Waals surface area contributed by atoms with Gasteiger partial charge in [0, 0.05) is 12.6 Å². The third kappa shape index (κ3) is 3.95. The minimum absolute atomic E-state index is 0.455. The topological polar surface area (TPSA) is 29.3 Å². The summed E-state index contributed by atoms with van der Waals surface area (Å²) in [5.41, 5.74) is 6.52. The average molecular weight is 266 g/mol. The number of nitrogens with zero attached hydrogens (tertiary/aromatic N) is 1. The van der Waals surface area contributed by atoms with Crippen LogP contribution in [0.1, 0.15) is 59.8 Å². The van der Waals surface area contributed by atoms with Crippen LogP contribution in [-0.4, -0.2) is 30.6 Å². The molecule has 2 fully saturated rings. The van der Waals surface area contributed by atoms with Crippen molar-refractivity contribution in [2.45, 2.75) is 65.8 Å². The van der Waals surface area contributed by atoms with Gasteiger partial charge in [-0.3, -0.25) is 0 Å². The number of hydrogen-bond acceptors (Lipinski definition) is 2. The Hall–Kier alpha value is -0.0800. The van der Waals surface area contributed by atoms with Gasteiger partial charge in [-0.25, -0.2) is 0 Å². The fourth-order valence-corrected chi connectivity index (χ4v) is 3.85. The molecule has 0 spiro atoms. The van der Waals surface area contributed by atoms with Gasteiger partial charge in [-0.05, 0) is 68.4 Å². The molecule has 0 radical (unpaired) electrons. The second-order valence-electron chi connectivity index (χ2n) is 7.97. The van der Waals surface area contributed by atoms with Gasteiger partial charge < -0.3 is 10.6 Å². The maximum atomic E-state index is 6.06. The van der Waals surface area contributed by atoms with Crippen molar-refractivity contribution in [3.05, 3.63) is 0 Å². The number of nitrogens with two attached hydrogens (primary N) is 1. The number of rotatable bonds is 5. The van der Waals surface area contributed by atoms with Gasteiger partial charge in [0.25, 0.3) is 0 Å². The second kappa shape index (κ2) is 6.13. The predicted molar refractivity (Wildman–Crippen MR) is 83.1 cm³/mol. The molecule has 2 aliphatic carbocycles. The largest absolute Gasteiger partial charge is 0.330 e. The van der Waals surface area contributed by atoms with Gasteiger partial charge >= 0.3 is 0 Å². The first-order valence-corrected chi connectivity index (χ1v) is 8.39. The van der Waals surface area contributed by atoms with Gasteiger partial charge in [0.15, 0.2) is 0 Å². The molecular formula is C17H34N2. The van der Waals surface area contributed by atoms with E-state index in [9.17, 15) is 0 Å². The highest BCUT2D eigenvalue weighted by atomic mass is 15.2. The molecule has 0 heterocycles. The van der Waals surface area contributed by atoms with Crippen LogP contribution in [0.3, 0.4) is 0 Å². The van der Waals surface area contributed by atoms with Crippen LogP contribution in [0, 0.1) is 23.2 Å². The summed E-state index contributed by atoms with van der Waals surface area (Å²) < 4.78 is 0. The van der Waals surface area contributed by atoms with Crippen molar-refractivity contribution in [2.24, 2.45) is 28.9 Å². The zero-order chi connectivity index (χ0) is 14.0. The van der Waals surface area contributed by atoms with Crippen LogP contribution in [-0.2, 0) is 0 Å². The molecule has 2 heteroatoms. The highest BCUT2D eigenvalue weighted by Gasteiger charge is 2.38. The molecule has 2 nitrogen and oxygen atoms in total. The van der Waals surface area contributed by atoms with E-state index in [4.69, 9.17) is 5.73 Å². The average Bonchev–Trinajstić information content (AvgIpc) is 3.18. The monoisotopic (exact) mass is 266 g/mol. The van der Waals surface area contributed by atoms with Gasteiger partial charge in [0.05, 0.1) is 0 Å². The second-order valence-corrected chi connectivity index (χ2v) is 7.97. The van der Waals surface area contributed by atoms with E-state index in [1.54, 1.807) is 0 Å². The van der Waals surface area contributed by atoms with Gasteiger partial charge in [-0.15, -0.1) is 0 Å². The van der Waals surface area contributed by atoms with Gasteiger partial charge in [0.1, 0.15) is 0 Å². The van der Waals surface area contributed by atoms with Crippen molar-refractivity contribution >= 4 is 0 Å². The summed E-state index contributed by atoms with van der Waals surface area (Å²) >= 11 is 0. The first-order chi connectivity index (χ1) is 8.95. The molecule has 2 aliphatic rings. The van der Waals surface area contributed by atoms with Crippen LogP contribution >= 0.6 is 0 Å². The van der Waals surface area contributed by atoms with Crippen LogP contribution < -0.4 is 5.73 Å². The SMILES string of the molecule is CCN(CC1CC1)C1CC(C(C)(C)C)CCC1CN. The van der Waals surface area contributed by atoms with Crippen molar-refractivity contribution in [1.82, 2.24) is 4.90 Å². The molecule has 0 aromatic carbocycles. The fourth-order valence-electron chi connectivity index (χ4n) is 3.85. The van der Waals surface area contributed by atoms with Crippen LogP contribution in [0.5, 0.6) is 0 Å². The molecule has 3 unspecified atom stereocenters. The summed E-state index contributed by atoms with van der Waals surface area (Å²) in [5, 5.41) is 0. The molecule has 19 heavy (non-hydrogen) atoms. The molecule has 0 aromatic heterocycles. The summed E-state index contributed by atoms with van der Waals surface area (Å²) in [7, 11) is 0. The molecule has 2 saturated carbocycles. The van der Waals surface area contributed by atoms with Crippen LogP contribution in [0.15, 0.2) is 0 Å². The lowest BCUT2D eigenvalue weighted by molar-refractivity contribution is 0.0453. The Morgan fingerprint density at radius 3 is 2.26 bits per heavy atom. The van der Waals surface area contributed by atoms with E-state index in [0.29, 0.717) is 5.41 Å². The summed E-state index contributed by atoms with van der Waals surface area (Å²) in [6, 6.07) is 0.744. The Morgan fingerprint density at radius 1 is 1.11 bits per heavy atom. The van der Waals surface area contributed by atoms with E-state index < -0.39 is 0 Å². The Balaban J connectivity index is 2.02. The van der Waals surface area contributed by atoms with E-state index in [1.807, 2.05) is 0 Å². The van der Waals surface area contributed by atoms with Gasteiger partial charge in [0.2, 0.25) is 0 Å². The van der Waals surface area contributed by atoms with Crippen molar-refractivity contribution in [3.8, 4) is 0 Å². The fraction of sp³-hybridized carbons (Fsp3) is 1.00. The first kappa shape index (κ1) is 15.3. The smallest absolute Gasteiger partial charge is 0.0138 e. The summed E-state index contributed by atoms with van der Waals surface area (Å²) in [5.74, 6) is 2.60. The van der Waals surface area contributed by atoms with Gasteiger partial charge in [-0.2, -0.15) is 0 Å². The summed E-state index contributed by atoms with van der Waals surface area (Å²) in [4.78, 5) is 2.76. The Labute approximate surface area is 120 Å². The first-order valence-electron chi connectivity index (χ1n) is 8.39. The highest BCUT2D eigenvalue weighted by molar-refractivity contribution is 4.92. The maximum absolute atomic E-state index is 6.06. The standard InChI is InChI=1S/C17H34N2/c1-5-19(12-13-6-7-13)16-10-15(17(2,3)4)9-8-14(16)11-18/h13-16H,5-12,18H2,1-4H3. The third-order valence-electron chi connectivity index (χ3n) is 5.55. The Bertz CT molecular complexity index is 277. The third-order valence-corrected chi connectivity index (χ3v) is 5.55. The molecule has 0 bridgehead atoms. The molecule has 2 N–H and O–H groups in total. The summed E-state index contributed by atoms with van der Waals surface area (Å²) in [6.07, 6.45) is 7.00. The van der Waals surface area contributed by atoms with Crippen LogP contribution in [0.25, 0.3) is 0 Å². The zero-order valence-corrected chi connectivity index (χ0v) is 13.5. The van der Waals surface area contributed by atoms with E-state index in [-0.39, 0.29) is 0 Å². The zero-order valence-electron chi connectivity index (χ0n) is 13.5. The highest BCUT2D eigenvalue weighted by Crippen LogP contribution is 2.42. The molecule has 0 aliphatic heterocycles. The molecule has 0 amide bonds. The lowest BCUT2D eigenvalue weighted by Gasteiger charge is -2.46. The Morgan fingerprint density at radius 2 is 1.79 bits per heavy atom. The lowest BCUT2D eigenvalue weighted by atomic mass is 9.67. The molecule has 3 atom stereocenters. The maximum Gasteiger partial charge on any atom is 0.0138 e. The van der Waals surface area contributed by atoms with Crippen molar-refractivity contribution in [1.29, 1.82) is 0 Å². The van der Waals surface area contributed by atoms with Gasteiger partial charge in [-0.1, -0.05) is 27.7 Å². The molecule has 2 rings (SSSR count). The summed E-state index contributed by atoms with van der Waals surface area (Å²) in [6.45, 7) is 13.0.